The van der Waals surface area contributed by atoms with Crippen molar-refractivity contribution in [3.05, 3.63) is 54.2 Å². The van der Waals surface area contributed by atoms with Gasteiger partial charge < -0.3 is 15.0 Å². The van der Waals surface area contributed by atoms with E-state index in [1.807, 2.05) is 12.1 Å². The average molecular weight is 366 g/mol. The van der Waals surface area contributed by atoms with Crippen LogP contribution in [0.3, 0.4) is 0 Å². The van der Waals surface area contributed by atoms with Crippen molar-refractivity contribution in [2.75, 3.05) is 31.2 Å². The second kappa shape index (κ2) is 7.87. The number of carbonyl (C=O) groups is 1. The lowest BCUT2D eigenvalue weighted by Crippen LogP contribution is -2.37. The number of hydrogen-bond acceptors (Lipinski definition) is 8. The van der Waals surface area contributed by atoms with Crippen molar-refractivity contribution in [3.63, 3.8) is 0 Å². The van der Waals surface area contributed by atoms with Gasteiger partial charge in [0, 0.05) is 24.8 Å². The number of rotatable bonds is 5. The quantitative estimate of drug-likeness (QED) is 0.683. The third-order valence-electron chi connectivity index (χ3n) is 4.15. The topological polar surface area (TPSA) is 111 Å². The van der Waals surface area contributed by atoms with Crippen LogP contribution in [0.15, 0.2) is 42.9 Å². The molecule has 1 aliphatic heterocycles. The lowest BCUT2D eigenvalue weighted by Gasteiger charge is -2.27. The largest absolute Gasteiger partial charge is 0.378 e. The molecule has 1 amide bonds. The summed E-state index contributed by atoms with van der Waals surface area (Å²) in [5.74, 6) is 1.19. The van der Waals surface area contributed by atoms with Crippen LogP contribution in [0.25, 0.3) is 5.69 Å². The Morgan fingerprint density at radius 1 is 1.22 bits per heavy atom. The molecular weight excluding hydrogens is 348 g/mol. The van der Waals surface area contributed by atoms with Crippen LogP contribution in [0.4, 0.5) is 5.82 Å². The van der Waals surface area contributed by atoms with Crippen molar-refractivity contribution < 1.29 is 9.53 Å². The van der Waals surface area contributed by atoms with E-state index in [0.717, 1.165) is 18.9 Å². The number of carbonyl (C=O) groups excluding carboxylic acids is 1. The highest BCUT2D eigenvalue weighted by Gasteiger charge is 2.14. The molecule has 0 unspecified atom stereocenters. The summed E-state index contributed by atoms with van der Waals surface area (Å²) < 4.78 is 6.85. The van der Waals surface area contributed by atoms with E-state index in [-0.39, 0.29) is 12.5 Å². The maximum Gasteiger partial charge on any atom is 0.251 e. The van der Waals surface area contributed by atoms with E-state index in [0.29, 0.717) is 30.3 Å². The third kappa shape index (κ3) is 4.06. The fraction of sp³-hybridized carbons (Fsp3) is 0.294. The number of nitrogens with one attached hydrogen (secondary N) is 1. The van der Waals surface area contributed by atoms with Gasteiger partial charge in [-0.25, -0.2) is 14.6 Å². The summed E-state index contributed by atoms with van der Waals surface area (Å²) >= 11 is 0. The predicted octanol–water partition coefficient (Wildman–Crippen LogP) is 0.219. The lowest BCUT2D eigenvalue weighted by atomic mass is 10.2. The molecule has 0 radical (unpaired) electrons. The van der Waals surface area contributed by atoms with Crippen molar-refractivity contribution in [2.24, 2.45) is 0 Å². The van der Waals surface area contributed by atoms with Gasteiger partial charge in [-0.3, -0.25) is 4.79 Å². The number of morpholine rings is 1. The van der Waals surface area contributed by atoms with Gasteiger partial charge in [0.15, 0.2) is 0 Å². The summed E-state index contributed by atoms with van der Waals surface area (Å²) in [6.07, 6.45) is 3.18. The van der Waals surface area contributed by atoms with Gasteiger partial charge in [-0.2, -0.15) is 0 Å². The van der Waals surface area contributed by atoms with E-state index < -0.39 is 0 Å². The van der Waals surface area contributed by atoms with Gasteiger partial charge in [0.25, 0.3) is 5.91 Å². The highest BCUT2D eigenvalue weighted by Crippen LogP contribution is 2.12. The van der Waals surface area contributed by atoms with Crippen LogP contribution >= 0.6 is 0 Å². The minimum Gasteiger partial charge on any atom is -0.378 e. The molecule has 0 atom stereocenters. The molecule has 0 spiro atoms. The second-order valence-electron chi connectivity index (χ2n) is 5.92. The van der Waals surface area contributed by atoms with Crippen LogP contribution in [-0.2, 0) is 11.3 Å². The lowest BCUT2D eigenvalue weighted by molar-refractivity contribution is 0.0950. The standard InChI is InChI=1S/C17H18N8O2/c26-17(13-2-1-3-14(10-13)25-12-20-22-23-25)19-11-15-18-5-4-16(21-15)24-6-8-27-9-7-24/h1-5,10,12H,6-9,11H2,(H,19,26). The molecule has 10 nitrogen and oxygen atoms in total. The van der Waals surface area contributed by atoms with Crippen molar-refractivity contribution in [2.45, 2.75) is 6.54 Å². The second-order valence-corrected chi connectivity index (χ2v) is 5.92. The monoisotopic (exact) mass is 366 g/mol. The number of benzene rings is 1. The first-order chi connectivity index (χ1) is 13.3. The van der Waals surface area contributed by atoms with Crippen LogP contribution in [0.1, 0.15) is 16.2 Å². The van der Waals surface area contributed by atoms with E-state index in [4.69, 9.17) is 4.74 Å². The Hall–Kier alpha value is -3.40. The van der Waals surface area contributed by atoms with Gasteiger partial charge >= 0.3 is 0 Å². The molecule has 1 fully saturated rings. The minimum absolute atomic E-state index is 0.217. The highest BCUT2D eigenvalue weighted by molar-refractivity contribution is 5.94. The van der Waals surface area contributed by atoms with Crippen molar-refractivity contribution in [1.29, 1.82) is 0 Å². The number of ether oxygens (including phenoxy) is 1. The number of amides is 1. The Kier molecular flexibility index (Phi) is 4.97. The van der Waals surface area contributed by atoms with E-state index in [2.05, 4.69) is 35.7 Å². The zero-order chi connectivity index (χ0) is 18.5. The summed E-state index contributed by atoms with van der Waals surface area (Å²) in [6, 6.07) is 8.92. The Morgan fingerprint density at radius 3 is 2.93 bits per heavy atom. The van der Waals surface area contributed by atoms with Gasteiger partial charge in [0.1, 0.15) is 18.0 Å². The van der Waals surface area contributed by atoms with Gasteiger partial charge in [-0.1, -0.05) is 6.07 Å². The number of aromatic nitrogens is 6. The van der Waals surface area contributed by atoms with E-state index in [1.165, 1.54) is 11.0 Å². The minimum atomic E-state index is -0.217. The molecule has 27 heavy (non-hydrogen) atoms. The normalized spacial score (nSPS) is 14.1. The summed E-state index contributed by atoms with van der Waals surface area (Å²) in [5.41, 5.74) is 1.21. The van der Waals surface area contributed by atoms with Crippen LogP contribution in [0, 0.1) is 0 Å². The summed E-state index contributed by atoms with van der Waals surface area (Å²) in [5, 5.41) is 13.9. The Bertz CT molecular complexity index is 909. The van der Waals surface area contributed by atoms with Crippen molar-refractivity contribution in [1.82, 2.24) is 35.5 Å². The SMILES string of the molecule is O=C(NCc1nccc(N2CCOCC2)n1)c1cccc(-n2cnnn2)c1. The Labute approximate surface area is 155 Å². The fourth-order valence-electron chi connectivity index (χ4n) is 2.77. The van der Waals surface area contributed by atoms with Crippen molar-refractivity contribution in [3.8, 4) is 5.69 Å². The highest BCUT2D eigenvalue weighted by atomic mass is 16.5. The molecule has 3 heterocycles. The molecule has 138 valence electrons. The van der Waals surface area contributed by atoms with Gasteiger partial charge in [-0.15, -0.1) is 5.10 Å². The van der Waals surface area contributed by atoms with Crippen LogP contribution in [0.2, 0.25) is 0 Å². The first kappa shape index (κ1) is 17.0. The van der Waals surface area contributed by atoms with Gasteiger partial charge in [-0.05, 0) is 34.7 Å². The van der Waals surface area contributed by atoms with E-state index >= 15 is 0 Å². The van der Waals surface area contributed by atoms with Crippen LogP contribution < -0.4 is 10.2 Å². The van der Waals surface area contributed by atoms with E-state index in [1.54, 1.807) is 24.4 Å². The molecule has 1 saturated heterocycles. The maximum absolute atomic E-state index is 12.5. The van der Waals surface area contributed by atoms with Crippen molar-refractivity contribution >= 4 is 11.7 Å². The molecule has 10 heteroatoms. The molecule has 0 aliphatic carbocycles. The molecule has 4 rings (SSSR count). The van der Waals surface area contributed by atoms with Crippen LogP contribution in [0.5, 0.6) is 0 Å². The van der Waals surface area contributed by atoms with E-state index in [9.17, 15) is 4.79 Å². The molecule has 2 aromatic heterocycles. The smallest absolute Gasteiger partial charge is 0.251 e. The number of anilines is 1. The predicted molar refractivity (Wildman–Crippen MR) is 95.4 cm³/mol. The summed E-state index contributed by atoms with van der Waals surface area (Å²) in [6.45, 7) is 3.22. The first-order valence-electron chi connectivity index (χ1n) is 8.56. The van der Waals surface area contributed by atoms with Crippen LogP contribution in [-0.4, -0.2) is 62.4 Å². The maximum atomic E-state index is 12.5. The van der Waals surface area contributed by atoms with Gasteiger partial charge in [0.05, 0.1) is 25.4 Å². The molecule has 1 N–H and O–H groups in total. The zero-order valence-corrected chi connectivity index (χ0v) is 14.5. The summed E-state index contributed by atoms with van der Waals surface area (Å²) in [7, 11) is 0. The molecule has 3 aromatic rings. The molecule has 1 aliphatic rings. The molecule has 1 aromatic carbocycles. The number of tetrazole rings is 1. The number of nitrogens with zero attached hydrogens (tertiary/aromatic N) is 7. The fourth-order valence-corrected chi connectivity index (χ4v) is 2.77. The summed E-state index contributed by atoms with van der Waals surface area (Å²) in [4.78, 5) is 23.4. The molecular formula is C17H18N8O2. The Balaban J connectivity index is 1.41. The van der Waals surface area contributed by atoms with Gasteiger partial charge in [0.2, 0.25) is 0 Å². The average Bonchev–Trinajstić information content (AvgIpc) is 3.28. The Morgan fingerprint density at radius 2 is 2.11 bits per heavy atom. The molecule has 0 bridgehead atoms. The first-order valence-corrected chi connectivity index (χ1v) is 8.56. The third-order valence-corrected chi connectivity index (χ3v) is 4.15. The number of hydrogen-bond donors (Lipinski definition) is 1. The zero-order valence-electron chi connectivity index (χ0n) is 14.5. The molecule has 0 saturated carbocycles.